The highest BCUT2D eigenvalue weighted by molar-refractivity contribution is 8.19. The van der Waals surface area contributed by atoms with E-state index in [-0.39, 0.29) is 5.91 Å². The van der Waals surface area contributed by atoms with E-state index in [1.165, 1.54) is 27.9 Å². The second-order valence-corrected chi connectivity index (χ2v) is 9.98. The number of aliphatic imine (C=N–C) groups is 1. The average molecular weight is 472 g/mol. The highest BCUT2D eigenvalue weighted by Crippen LogP contribution is 2.50. The van der Waals surface area contributed by atoms with Crippen LogP contribution in [0.3, 0.4) is 0 Å². The van der Waals surface area contributed by atoms with E-state index in [2.05, 4.69) is 61.2 Å². The highest BCUT2D eigenvalue weighted by atomic mass is 32.2. The predicted molar refractivity (Wildman–Crippen MR) is 140 cm³/mol. The first-order valence-corrected chi connectivity index (χ1v) is 12.7. The van der Waals surface area contributed by atoms with Gasteiger partial charge in [-0.05, 0) is 67.4 Å². The fourth-order valence-corrected chi connectivity index (χ4v) is 6.44. The number of para-hydroxylation sites is 1. The quantitative estimate of drug-likeness (QED) is 0.393. The second-order valence-electron chi connectivity index (χ2n) is 7.98. The molecule has 4 nitrogen and oxygen atoms in total. The minimum atomic E-state index is 0.0380. The van der Waals surface area contributed by atoms with Crippen molar-refractivity contribution in [2.24, 2.45) is 4.99 Å². The molecule has 0 spiro atoms. The molecule has 2 heterocycles. The van der Waals surface area contributed by atoms with Gasteiger partial charge in [-0.15, -0.1) is 0 Å². The van der Waals surface area contributed by atoms with Crippen molar-refractivity contribution in [2.75, 3.05) is 18.0 Å². The van der Waals surface area contributed by atoms with Crippen molar-refractivity contribution in [1.82, 2.24) is 4.90 Å². The lowest BCUT2D eigenvalue weighted by Gasteiger charge is -2.19. The highest BCUT2D eigenvalue weighted by Gasteiger charge is 2.39. The Bertz CT molecular complexity index is 1250. The van der Waals surface area contributed by atoms with Crippen LogP contribution in [0.15, 0.2) is 98.7 Å². The molecule has 6 heteroatoms. The first-order valence-electron chi connectivity index (χ1n) is 11.1. The summed E-state index contributed by atoms with van der Waals surface area (Å²) in [4.78, 5) is 24.7. The number of hydrogen-bond donors (Lipinski definition) is 0. The number of anilines is 1. The van der Waals surface area contributed by atoms with E-state index in [1.807, 2.05) is 41.3 Å². The molecule has 0 atom stereocenters. The molecular weight excluding hydrogens is 446 g/mol. The number of amidine groups is 1. The minimum Gasteiger partial charge on any atom is -0.334 e. The number of carbonyl (C=O) groups excluding carboxylic acids is 1. The standard InChI is InChI=1S/C27H25N3OS2/c1-3-29-22-14-7-8-15-23(22)32-26(29)24-25(31)30(17-16-20-11-5-4-6-12-20)27(33-24)28-21-13-9-10-19(2)18-21/h4-15,18H,3,16-17H2,1-2H3/b26-24-,28-27?. The minimum absolute atomic E-state index is 0.0380. The molecule has 0 unspecified atom stereocenters. The smallest absolute Gasteiger partial charge is 0.269 e. The molecule has 1 fully saturated rings. The van der Waals surface area contributed by atoms with Crippen molar-refractivity contribution < 1.29 is 4.79 Å². The van der Waals surface area contributed by atoms with Gasteiger partial charge in [-0.2, -0.15) is 0 Å². The molecular formula is C27H25N3OS2. The third-order valence-corrected chi connectivity index (χ3v) is 8.05. The topological polar surface area (TPSA) is 35.9 Å². The molecule has 3 aromatic carbocycles. The van der Waals surface area contributed by atoms with Gasteiger partial charge in [-0.25, -0.2) is 4.99 Å². The van der Waals surface area contributed by atoms with Gasteiger partial charge in [0.2, 0.25) is 0 Å². The van der Waals surface area contributed by atoms with Crippen LogP contribution in [0.2, 0.25) is 0 Å². The van der Waals surface area contributed by atoms with Gasteiger partial charge in [0.25, 0.3) is 5.91 Å². The van der Waals surface area contributed by atoms with E-state index >= 15 is 0 Å². The molecule has 2 aliphatic heterocycles. The number of rotatable bonds is 5. The van der Waals surface area contributed by atoms with Crippen molar-refractivity contribution in [3.63, 3.8) is 0 Å². The summed E-state index contributed by atoms with van der Waals surface area (Å²) in [5.41, 5.74) is 4.40. The van der Waals surface area contributed by atoms with Crippen LogP contribution in [0.25, 0.3) is 0 Å². The molecule has 0 saturated carbocycles. The van der Waals surface area contributed by atoms with E-state index < -0.39 is 0 Å². The van der Waals surface area contributed by atoms with Gasteiger partial charge in [0.15, 0.2) is 5.17 Å². The number of aryl methyl sites for hydroxylation is 1. The number of nitrogens with zero attached hydrogens (tertiary/aromatic N) is 3. The Balaban J connectivity index is 1.52. The predicted octanol–water partition coefficient (Wildman–Crippen LogP) is 6.60. The number of hydrogen-bond acceptors (Lipinski definition) is 5. The molecule has 1 saturated heterocycles. The number of carbonyl (C=O) groups is 1. The summed E-state index contributed by atoms with van der Waals surface area (Å²) in [5, 5.41) is 1.75. The maximum absolute atomic E-state index is 13.7. The Hall–Kier alpha value is -2.96. The van der Waals surface area contributed by atoms with Crippen molar-refractivity contribution >= 4 is 46.0 Å². The van der Waals surface area contributed by atoms with Crippen LogP contribution in [0.4, 0.5) is 11.4 Å². The Morgan fingerprint density at radius 3 is 2.45 bits per heavy atom. The van der Waals surface area contributed by atoms with Gasteiger partial charge in [0.05, 0.1) is 11.4 Å². The maximum Gasteiger partial charge on any atom is 0.269 e. The van der Waals surface area contributed by atoms with E-state index in [1.54, 1.807) is 11.8 Å². The van der Waals surface area contributed by atoms with E-state index in [0.717, 1.165) is 39.3 Å². The first kappa shape index (κ1) is 21.9. The summed E-state index contributed by atoms with van der Waals surface area (Å²) in [7, 11) is 0. The van der Waals surface area contributed by atoms with Gasteiger partial charge >= 0.3 is 0 Å². The molecule has 3 aromatic rings. The molecule has 0 aromatic heterocycles. The lowest BCUT2D eigenvalue weighted by Crippen LogP contribution is -2.32. The van der Waals surface area contributed by atoms with E-state index in [0.29, 0.717) is 6.54 Å². The molecule has 166 valence electrons. The van der Waals surface area contributed by atoms with E-state index in [9.17, 15) is 4.79 Å². The molecule has 2 aliphatic rings. The van der Waals surface area contributed by atoms with E-state index in [4.69, 9.17) is 4.99 Å². The van der Waals surface area contributed by atoms with Gasteiger partial charge in [0, 0.05) is 18.0 Å². The van der Waals surface area contributed by atoms with Crippen LogP contribution in [0.5, 0.6) is 0 Å². The summed E-state index contributed by atoms with van der Waals surface area (Å²) in [6, 6.07) is 26.8. The van der Waals surface area contributed by atoms with Crippen LogP contribution < -0.4 is 4.90 Å². The third kappa shape index (κ3) is 4.45. The third-order valence-electron chi connectivity index (χ3n) is 5.68. The zero-order valence-electron chi connectivity index (χ0n) is 18.7. The summed E-state index contributed by atoms with van der Waals surface area (Å²) >= 11 is 3.17. The Labute approximate surface area is 203 Å². The normalized spacial score (nSPS) is 19.0. The fourth-order valence-electron chi connectivity index (χ4n) is 4.03. The molecule has 1 amide bonds. The molecule has 5 rings (SSSR count). The van der Waals surface area contributed by atoms with Crippen molar-refractivity contribution in [3.8, 4) is 0 Å². The monoisotopic (exact) mass is 471 g/mol. The van der Waals surface area contributed by atoms with Gasteiger partial charge in [0.1, 0.15) is 9.93 Å². The largest absolute Gasteiger partial charge is 0.334 e. The molecule has 33 heavy (non-hydrogen) atoms. The average Bonchev–Trinajstić information content (AvgIpc) is 3.35. The summed E-state index contributed by atoms with van der Waals surface area (Å²) < 4.78 is 0. The number of fused-ring (bicyclic) bond motifs is 1. The molecule has 0 bridgehead atoms. The lowest BCUT2D eigenvalue weighted by atomic mass is 10.1. The summed E-state index contributed by atoms with van der Waals surface area (Å²) in [5.74, 6) is 0.0380. The van der Waals surface area contributed by atoms with Crippen LogP contribution in [0.1, 0.15) is 18.1 Å². The van der Waals surface area contributed by atoms with Crippen molar-refractivity contribution in [2.45, 2.75) is 25.2 Å². The zero-order chi connectivity index (χ0) is 22.8. The van der Waals surface area contributed by atoms with Gasteiger partial charge in [-0.1, -0.05) is 66.4 Å². The molecule has 0 N–H and O–H groups in total. The van der Waals surface area contributed by atoms with Crippen molar-refractivity contribution in [3.05, 3.63) is 99.9 Å². The summed E-state index contributed by atoms with van der Waals surface area (Å²) in [6.45, 7) is 5.59. The Kier molecular flexibility index (Phi) is 6.29. The Morgan fingerprint density at radius 2 is 1.67 bits per heavy atom. The first-order chi connectivity index (χ1) is 16.1. The van der Waals surface area contributed by atoms with Crippen molar-refractivity contribution in [1.29, 1.82) is 0 Å². The number of benzene rings is 3. The maximum atomic E-state index is 13.7. The Morgan fingerprint density at radius 1 is 0.879 bits per heavy atom. The van der Waals surface area contributed by atoms with Crippen LogP contribution in [0, 0.1) is 6.92 Å². The SMILES string of the molecule is CCN1/C(=C2/SC(=Nc3cccc(C)c3)N(CCc3ccccc3)C2=O)Sc2ccccc21. The van der Waals surface area contributed by atoms with Crippen LogP contribution in [-0.2, 0) is 11.2 Å². The fraction of sp³-hybridized carbons (Fsp3) is 0.185. The number of amides is 1. The van der Waals surface area contributed by atoms with Gasteiger partial charge in [-0.3, -0.25) is 9.69 Å². The number of thioether (sulfide) groups is 2. The summed E-state index contributed by atoms with van der Waals surface area (Å²) in [6.07, 6.45) is 0.785. The lowest BCUT2D eigenvalue weighted by molar-refractivity contribution is -0.122. The second kappa shape index (κ2) is 9.49. The van der Waals surface area contributed by atoms with Crippen LogP contribution >= 0.6 is 23.5 Å². The van der Waals surface area contributed by atoms with Gasteiger partial charge < -0.3 is 4.90 Å². The zero-order valence-corrected chi connectivity index (χ0v) is 20.3. The molecule has 0 radical (unpaired) electrons. The van der Waals surface area contributed by atoms with Crippen LogP contribution in [-0.4, -0.2) is 29.1 Å². The molecule has 0 aliphatic carbocycles.